The van der Waals surface area contributed by atoms with Gasteiger partial charge in [-0.2, -0.15) is 4.37 Å². The second-order valence-corrected chi connectivity index (χ2v) is 9.49. The first-order valence-electron chi connectivity index (χ1n) is 10.6. The lowest BCUT2D eigenvalue weighted by Gasteiger charge is -2.34. The Balaban J connectivity index is 2.28. The lowest BCUT2D eigenvalue weighted by Crippen LogP contribution is -2.49. The second-order valence-electron chi connectivity index (χ2n) is 8.72. The molecular formula is C24H27N5O5S. The van der Waals surface area contributed by atoms with Crippen molar-refractivity contribution in [2.75, 3.05) is 17.7 Å². The Bertz CT molecular complexity index is 1250. The van der Waals surface area contributed by atoms with Crippen molar-refractivity contribution in [2.45, 2.75) is 32.4 Å². The molecule has 0 spiro atoms. The van der Waals surface area contributed by atoms with Gasteiger partial charge in [-0.25, -0.2) is 0 Å². The van der Waals surface area contributed by atoms with Crippen LogP contribution in [0.3, 0.4) is 0 Å². The summed E-state index contributed by atoms with van der Waals surface area (Å²) in [7, 11) is 1.44. The summed E-state index contributed by atoms with van der Waals surface area (Å²) in [4.78, 5) is 40.6. The predicted octanol–water partition coefficient (Wildman–Crippen LogP) is 2.84. The zero-order valence-corrected chi connectivity index (χ0v) is 20.6. The van der Waals surface area contributed by atoms with Crippen molar-refractivity contribution in [2.24, 2.45) is 5.73 Å². The molecule has 0 fully saturated rings. The van der Waals surface area contributed by atoms with E-state index >= 15 is 0 Å². The topological polar surface area (TPSA) is 161 Å². The number of hydrogen-bond acceptors (Lipinski definition) is 8. The first-order chi connectivity index (χ1) is 16.4. The van der Waals surface area contributed by atoms with Crippen LogP contribution in [-0.2, 0) is 4.79 Å². The van der Waals surface area contributed by atoms with Crippen LogP contribution in [0.25, 0.3) is 0 Å². The number of para-hydroxylation sites is 2. The largest absolute Gasteiger partial charge is 0.508 e. The molecule has 1 unspecified atom stereocenters. The highest BCUT2D eigenvalue weighted by Crippen LogP contribution is 2.38. The third-order valence-corrected chi connectivity index (χ3v) is 5.78. The first kappa shape index (κ1) is 25.5. The monoisotopic (exact) mass is 497 g/mol. The van der Waals surface area contributed by atoms with E-state index in [1.807, 2.05) is 20.8 Å². The average Bonchev–Trinajstić information content (AvgIpc) is 3.18. The molecule has 3 rings (SSSR count). The Labute approximate surface area is 206 Å². The van der Waals surface area contributed by atoms with Gasteiger partial charge in [-0.05, 0) is 62.1 Å². The van der Waals surface area contributed by atoms with Gasteiger partial charge in [0.2, 0.25) is 5.91 Å². The molecule has 3 amide bonds. The van der Waals surface area contributed by atoms with Crippen LogP contribution in [0, 0.1) is 0 Å². The van der Waals surface area contributed by atoms with Gasteiger partial charge in [-0.3, -0.25) is 19.3 Å². The fourth-order valence-electron chi connectivity index (χ4n) is 3.45. The van der Waals surface area contributed by atoms with Crippen molar-refractivity contribution in [1.82, 2.24) is 9.69 Å². The quantitative estimate of drug-likeness (QED) is 0.390. The summed E-state index contributed by atoms with van der Waals surface area (Å²) in [5, 5.41) is 12.7. The van der Waals surface area contributed by atoms with Crippen molar-refractivity contribution in [3.63, 3.8) is 0 Å². The molecule has 6 N–H and O–H groups in total. The summed E-state index contributed by atoms with van der Waals surface area (Å²) in [6, 6.07) is 11.4. The van der Waals surface area contributed by atoms with E-state index < -0.39 is 29.3 Å². The van der Waals surface area contributed by atoms with Crippen molar-refractivity contribution < 1.29 is 24.2 Å². The van der Waals surface area contributed by atoms with Gasteiger partial charge in [0, 0.05) is 5.54 Å². The van der Waals surface area contributed by atoms with E-state index in [2.05, 4.69) is 9.69 Å². The van der Waals surface area contributed by atoms with E-state index in [0.29, 0.717) is 22.8 Å². The number of nitrogens with zero attached hydrogens (tertiary/aromatic N) is 2. The van der Waals surface area contributed by atoms with Crippen LogP contribution >= 0.6 is 11.5 Å². The number of benzene rings is 2. The standard InChI is InChI=1S/C24H27N5O5S/c1-24(2,3)27-22(32)19(13-9-11-14(30)12-10-13)29(15-7-5-6-8-16(15)34-4)23(33)20-17(25)18(21(26)31)28-35-20/h5-12,19,30H,25H2,1-4H3,(H2,26,31)(H,27,32). The van der Waals surface area contributed by atoms with E-state index in [4.69, 9.17) is 16.2 Å². The number of rotatable bonds is 7. The summed E-state index contributed by atoms with van der Waals surface area (Å²) in [5.41, 5.74) is 11.1. The lowest BCUT2D eigenvalue weighted by atomic mass is 10.00. The number of aromatic nitrogens is 1. The molecule has 1 aromatic heterocycles. The number of phenols is 1. The molecule has 1 heterocycles. The molecule has 184 valence electrons. The van der Waals surface area contributed by atoms with Crippen LogP contribution in [0.4, 0.5) is 11.4 Å². The molecule has 2 aromatic carbocycles. The van der Waals surface area contributed by atoms with Gasteiger partial charge in [0.15, 0.2) is 5.69 Å². The number of nitrogen functional groups attached to an aromatic ring is 1. The molecule has 1 atom stereocenters. The maximum atomic E-state index is 14.0. The number of amides is 3. The minimum absolute atomic E-state index is 0.00306. The number of nitrogens with one attached hydrogen (secondary N) is 1. The molecule has 3 aromatic rings. The summed E-state index contributed by atoms with van der Waals surface area (Å²) >= 11 is 0.709. The third kappa shape index (κ3) is 5.52. The second kappa shape index (κ2) is 10.0. The van der Waals surface area contributed by atoms with Gasteiger partial charge >= 0.3 is 0 Å². The van der Waals surface area contributed by atoms with E-state index in [0.717, 1.165) is 0 Å². The van der Waals surface area contributed by atoms with Gasteiger partial charge in [0.25, 0.3) is 11.8 Å². The molecule has 11 heteroatoms. The molecule has 0 saturated carbocycles. The molecule has 0 aliphatic heterocycles. The molecule has 0 bridgehead atoms. The number of primary amides is 1. The fraction of sp³-hybridized carbons (Fsp3) is 0.250. The fourth-order valence-corrected chi connectivity index (χ4v) is 4.19. The normalized spacial score (nSPS) is 12.0. The van der Waals surface area contributed by atoms with Crippen LogP contribution < -0.4 is 26.4 Å². The van der Waals surface area contributed by atoms with Gasteiger partial charge in [-0.15, -0.1) is 0 Å². The van der Waals surface area contributed by atoms with E-state index in [1.165, 1.54) is 24.1 Å². The molecule has 10 nitrogen and oxygen atoms in total. The molecule has 35 heavy (non-hydrogen) atoms. The molecule has 0 aliphatic rings. The van der Waals surface area contributed by atoms with Crippen molar-refractivity contribution in [1.29, 1.82) is 0 Å². The number of aromatic hydroxyl groups is 1. The van der Waals surface area contributed by atoms with Gasteiger partial charge in [-0.1, -0.05) is 24.3 Å². The number of anilines is 2. The zero-order chi connectivity index (χ0) is 25.9. The number of hydrogen-bond donors (Lipinski definition) is 4. The highest BCUT2D eigenvalue weighted by molar-refractivity contribution is 7.09. The first-order valence-corrected chi connectivity index (χ1v) is 11.3. The van der Waals surface area contributed by atoms with Crippen molar-refractivity contribution in [3.05, 3.63) is 64.7 Å². The van der Waals surface area contributed by atoms with E-state index in [9.17, 15) is 19.5 Å². The molecule has 0 radical (unpaired) electrons. The minimum atomic E-state index is -1.20. The number of methoxy groups -OCH3 is 1. The Kier molecular flexibility index (Phi) is 7.30. The molecular weight excluding hydrogens is 470 g/mol. The van der Waals surface area contributed by atoms with Crippen LogP contribution in [0.2, 0.25) is 0 Å². The number of carbonyl (C=O) groups excluding carboxylic acids is 3. The summed E-state index contributed by atoms with van der Waals surface area (Å²) < 4.78 is 9.42. The SMILES string of the molecule is COc1ccccc1N(C(=O)c1snc(C(N)=O)c1N)C(C(=O)NC(C)(C)C)c1ccc(O)cc1. The number of phenolic OH excluding ortho intramolecular Hbond substituents is 1. The van der Waals surface area contributed by atoms with Crippen LogP contribution in [0.1, 0.15) is 52.5 Å². The van der Waals surface area contributed by atoms with Crippen LogP contribution in [0.15, 0.2) is 48.5 Å². The van der Waals surface area contributed by atoms with E-state index in [1.54, 1.807) is 36.4 Å². The molecule has 0 saturated heterocycles. The smallest absolute Gasteiger partial charge is 0.273 e. The van der Waals surface area contributed by atoms with Crippen LogP contribution in [-0.4, -0.2) is 39.9 Å². The van der Waals surface area contributed by atoms with Crippen molar-refractivity contribution in [3.8, 4) is 11.5 Å². The molecule has 0 aliphatic carbocycles. The average molecular weight is 498 g/mol. The lowest BCUT2D eigenvalue weighted by molar-refractivity contribution is -0.123. The maximum absolute atomic E-state index is 14.0. The van der Waals surface area contributed by atoms with E-state index in [-0.39, 0.29) is 27.7 Å². The van der Waals surface area contributed by atoms with Crippen LogP contribution in [0.5, 0.6) is 11.5 Å². The Morgan fingerprint density at radius 3 is 2.29 bits per heavy atom. The highest BCUT2D eigenvalue weighted by Gasteiger charge is 2.38. The Morgan fingerprint density at radius 2 is 1.74 bits per heavy atom. The van der Waals surface area contributed by atoms with Crippen molar-refractivity contribution >= 4 is 40.6 Å². The number of ether oxygens (including phenoxy) is 1. The third-order valence-electron chi connectivity index (χ3n) is 4.93. The summed E-state index contributed by atoms with van der Waals surface area (Å²) in [6.45, 7) is 5.44. The minimum Gasteiger partial charge on any atom is -0.508 e. The van der Waals surface area contributed by atoms with Gasteiger partial charge in [0.1, 0.15) is 22.4 Å². The Hall–Kier alpha value is -4.12. The Morgan fingerprint density at radius 1 is 1.11 bits per heavy atom. The number of nitrogens with two attached hydrogens (primary N) is 2. The van der Waals surface area contributed by atoms with Gasteiger partial charge in [0.05, 0.1) is 18.5 Å². The van der Waals surface area contributed by atoms with Gasteiger partial charge < -0.3 is 26.6 Å². The summed E-state index contributed by atoms with van der Waals surface area (Å²) in [6.07, 6.45) is 0. The summed E-state index contributed by atoms with van der Waals surface area (Å²) in [5.74, 6) is -1.72. The predicted molar refractivity (Wildman–Crippen MR) is 134 cm³/mol. The maximum Gasteiger partial charge on any atom is 0.273 e. The zero-order valence-electron chi connectivity index (χ0n) is 19.7. The number of carbonyl (C=O) groups is 3. The highest BCUT2D eigenvalue weighted by atomic mass is 32.1.